The largest absolute Gasteiger partial charge is 0.311 e. The average Bonchev–Trinajstić information content (AvgIpc) is 2.26. The molecule has 2 aliphatic carbocycles. The third-order valence-electron chi connectivity index (χ3n) is 5.51. The van der Waals surface area contributed by atoms with Crippen molar-refractivity contribution in [1.82, 2.24) is 5.32 Å². The van der Waals surface area contributed by atoms with Crippen molar-refractivity contribution in [3.63, 3.8) is 0 Å². The Bertz CT molecular complexity index is 483. The summed E-state index contributed by atoms with van der Waals surface area (Å²) < 4.78 is 0. The third kappa shape index (κ3) is 2.41. The molecule has 1 heteroatoms. The molecule has 110 valence electrons. The van der Waals surface area contributed by atoms with E-state index >= 15 is 0 Å². The summed E-state index contributed by atoms with van der Waals surface area (Å²) in [5.74, 6) is 0. The Kier molecular flexibility index (Phi) is 3.25. The van der Waals surface area contributed by atoms with Crippen LogP contribution in [0.15, 0.2) is 24.3 Å². The molecular formula is C19H29N. The van der Waals surface area contributed by atoms with Crippen LogP contribution in [-0.4, -0.2) is 12.1 Å². The Morgan fingerprint density at radius 3 is 2.25 bits per heavy atom. The maximum Gasteiger partial charge on any atom is 0.00968 e. The topological polar surface area (TPSA) is 12.0 Å². The zero-order valence-corrected chi connectivity index (χ0v) is 13.6. The van der Waals surface area contributed by atoms with Crippen LogP contribution in [-0.2, 0) is 5.41 Å². The first-order valence-corrected chi connectivity index (χ1v) is 8.16. The van der Waals surface area contributed by atoms with E-state index in [9.17, 15) is 0 Å². The molecule has 0 bridgehead atoms. The van der Waals surface area contributed by atoms with E-state index in [1.807, 2.05) is 0 Å². The molecule has 1 aromatic carbocycles. The fourth-order valence-electron chi connectivity index (χ4n) is 4.43. The average molecular weight is 271 g/mol. The van der Waals surface area contributed by atoms with Crippen molar-refractivity contribution in [3.8, 4) is 0 Å². The molecule has 0 atom stereocenters. The second-order valence-corrected chi connectivity index (χ2v) is 8.41. The van der Waals surface area contributed by atoms with E-state index < -0.39 is 0 Å². The molecule has 0 radical (unpaired) electrons. The zero-order chi connectivity index (χ0) is 14.4. The summed E-state index contributed by atoms with van der Waals surface area (Å²) in [6, 6.07) is 9.03. The van der Waals surface area contributed by atoms with Gasteiger partial charge in [-0.1, -0.05) is 30.7 Å². The minimum Gasteiger partial charge on any atom is -0.311 e. The lowest BCUT2D eigenvalue weighted by Gasteiger charge is -2.62. The van der Waals surface area contributed by atoms with E-state index in [2.05, 4.69) is 57.3 Å². The van der Waals surface area contributed by atoms with Crippen LogP contribution in [0.2, 0.25) is 0 Å². The summed E-state index contributed by atoms with van der Waals surface area (Å²) in [5, 5.41) is 3.78. The Morgan fingerprint density at radius 1 is 1.10 bits per heavy atom. The van der Waals surface area contributed by atoms with Crippen LogP contribution in [0.5, 0.6) is 0 Å². The summed E-state index contributed by atoms with van der Waals surface area (Å²) in [6.45, 7) is 10.2. The van der Waals surface area contributed by atoms with E-state index in [-0.39, 0.29) is 5.54 Å². The normalized spacial score (nSPS) is 23.2. The van der Waals surface area contributed by atoms with Gasteiger partial charge in [-0.15, -0.1) is 0 Å². The quantitative estimate of drug-likeness (QED) is 0.848. The van der Waals surface area contributed by atoms with Gasteiger partial charge in [0.05, 0.1) is 0 Å². The van der Waals surface area contributed by atoms with Crippen LogP contribution < -0.4 is 5.32 Å². The Labute approximate surface area is 124 Å². The molecule has 0 saturated heterocycles. The van der Waals surface area contributed by atoms with Gasteiger partial charge in [-0.2, -0.15) is 0 Å². The van der Waals surface area contributed by atoms with E-state index in [4.69, 9.17) is 0 Å². The number of rotatable bonds is 3. The maximum atomic E-state index is 3.78. The Balaban J connectivity index is 1.83. The number of aryl methyl sites for hydroxylation is 1. The van der Waals surface area contributed by atoms with Crippen LogP contribution >= 0.6 is 0 Å². The van der Waals surface area contributed by atoms with E-state index in [0.717, 1.165) is 6.54 Å². The molecule has 0 heterocycles. The van der Waals surface area contributed by atoms with Gasteiger partial charge in [0.2, 0.25) is 0 Å². The molecule has 2 saturated carbocycles. The summed E-state index contributed by atoms with van der Waals surface area (Å²) in [7, 11) is 0. The van der Waals surface area contributed by atoms with Crippen LogP contribution in [0.25, 0.3) is 0 Å². The lowest BCUT2D eigenvalue weighted by molar-refractivity contribution is -0.0505. The lowest BCUT2D eigenvalue weighted by atomic mass is 9.43. The lowest BCUT2D eigenvalue weighted by Crippen LogP contribution is -2.59. The van der Waals surface area contributed by atoms with Crippen LogP contribution in [0.3, 0.4) is 0 Å². The van der Waals surface area contributed by atoms with Crippen molar-refractivity contribution in [3.05, 3.63) is 35.4 Å². The monoisotopic (exact) mass is 271 g/mol. The maximum absolute atomic E-state index is 3.78. The van der Waals surface area contributed by atoms with Gasteiger partial charge in [-0.05, 0) is 69.9 Å². The van der Waals surface area contributed by atoms with E-state index in [0.29, 0.717) is 10.8 Å². The first-order chi connectivity index (χ1) is 9.34. The highest BCUT2D eigenvalue weighted by Crippen LogP contribution is 2.65. The molecule has 0 aromatic heterocycles. The van der Waals surface area contributed by atoms with Gasteiger partial charge in [0.25, 0.3) is 0 Å². The van der Waals surface area contributed by atoms with Crippen molar-refractivity contribution in [2.75, 3.05) is 6.54 Å². The van der Waals surface area contributed by atoms with Gasteiger partial charge >= 0.3 is 0 Å². The molecule has 2 fully saturated rings. The highest BCUT2D eigenvalue weighted by Gasteiger charge is 2.57. The van der Waals surface area contributed by atoms with Crippen molar-refractivity contribution in [2.45, 2.75) is 70.8 Å². The van der Waals surface area contributed by atoms with Crippen molar-refractivity contribution >= 4 is 0 Å². The van der Waals surface area contributed by atoms with Gasteiger partial charge in [-0.25, -0.2) is 0 Å². The summed E-state index contributed by atoms with van der Waals surface area (Å²) in [5.41, 5.74) is 4.37. The molecule has 0 aliphatic heterocycles. The minimum atomic E-state index is 0.206. The molecule has 0 amide bonds. The first kappa shape index (κ1) is 14.1. The predicted octanol–water partition coefficient (Wildman–Crippen LogP) is 4.59. The summed E-state index contributed by atoms with van der Waals surface area (Å²) >= 11 is 0. The van der Waals surface area contributed by atoms with Gasteiger partial charge in [0, 0.05) is 17.5 Å². The Morgan fingerprint density at radius 2 is 1.75 bits per heavy atom. The summed E-state index contributed by atoms with van der Waals surface area (Å²) in [6.07, 6.45) is 7.19. The molecule has 1 nitrogen and oxygen atoms in total. The van der Waals surface area contributed by atoms with Gasteiger partial charge < -0.3 is 5.32 Å². The number of hydrogen-bond acceptors (Lipinski definition) is 1. The van der Waals surface area contributed by atoms with E-state index in [1.165, 1.54) is 37.7 Å². The van der Waals surface area contributed by atoms with Gasteiger partial charge in [-0.3, -0.25) is 0 Å². The number of hydrogen-bond donors (Lipinski definition) is 1. The molecule has 1 aromatic rings. The highest BCUT2D eigenvalue weighted by atomic mass is 15.0. The fourth-order valence-corrected chi connectivity index (χ4v) is 4.43. The van der Waals surface area contributed by atoms with Crippen LogP contribution in [0.4, 0.5) is 0 Å². The van der Waals surface area contributed by atoms with Crippen molar-refractivity contribution in [1.29, 1.82) is 0 Å². The van der Waals surface area contributed by atoms with Crippen LogP contribution in [0, 0.1) is 12.3 Å². The highest BCUT2D eigenvalue weighted by molar-refractivity contribution is 5.38. The Hall–Kier alpha value is -0.820. The molecular weight excluding hydrogens is 242 g/mol. The molecule has 3 rings (SSSR count). The molecule has 2 aliphatic rings. The summed E-state index contributed by atoms with van der Waals surface area (Å²) in [4.78, 5) is 0. The van der Waals surface area contributed by atoms with Crippen molar-refractivity contribution < 1.29 is 0 Å². The molecule has 1 N–H and O–H groups in total. The fraction of sp³-hybridized carbons (Fsp3) is 0.684. The zero-order valence-electron chi connectivity index (χ0n) is 13.6. The predicted molar refractivity (Wildman–Crippen MR) is 86.1 cm³/mol. The molecule has 20 heavy (non-hydrogen) atoms. The second kappa shape index (κ2) is 4.59. The third-order valence-corrected chi connectivity index (χ3v) is 5.51. The molecule has 0 unspecified atom stereocenters. The first-order valence-electron chi connectivity index (χ1n) is 8.16. The number of nitrogens with one attached hydrogen (secondary N) is 1. The second-order valence-electron chi connectivity index (χ2n) is 8.41. The number of benzene rings is 1. The van der Waals surface area contributed by atoms with Crippen molar-refractivity contribution in [2.24, 2.45) is 5.41 Å². The van der Waals surface area contributed by atoms with E-state index in [1.54, 1.807) is 5.56 Å². The minimum absolute atomic E-state index is 0.206. The van der Waals surface area contributed by atoms with Crippen LogP contribution in [0.1, 0.15) is 64.0 Å². The smallest absolute Gasteiger partial charge is 0.00968 e. The SMILES string of the molecule is Cc1ccccc1C1(CNC(C)(C)C)CC2(CCC2)C1. The standard InChI is InChI=1S/C19H29N/c1-15-8-5-6-9-16(15)19(14-20-17(2,3)4)12-18(13-19)10-7-11-18/h5-6,8-9,20H,7,10-14H2,1-4H3. The molecule has 1 spiro atoms. The van der Waals surface area contributed by atoms with Gasteiger partial charge in [0.15, 0.2) is 0 Å². The van der Waals surface area contributed by atoms with Gasteiger partial charge in [0.1, 0.15) is 0 Å².